The summed E-state index contributed by atoms with van der Waals surface area (Å²) in [7, 11) is -2.04. The fourth-order valence-electron chi connectivity index (χ4n) is 3.70. The van der Waals surface area contributed by atoms with E-state index in [-0.39, 0.29) is 28.5 Å². The lowest BCUT2D eigenvalue weighted by Gasteiger charge is -2.18. The van der Waals surface area contributed by atoms with Gasteiger partial charge in [0.15, 0.2) is 0 Å². The molecule has 4 rings (SSSR count). The third-order valence-corrected chi connectivity index (χ3v) is 6.83. The van der Waals surface area contributed by atoms with E-state index in [2.05, 4.69) is 25.5 Å². The number of methoxy groups -OCH3 is 1. The molecule has 0 aliphatic rings. The van der Waals surface area contributed by atoms with Gasteiger partial charge in [0, 0.05) is 23.2 Å². The van der Waals surface area contributed by atoms with E-state index in [1.54, 1.807) is 18.3 Å². The number of hydrogen-bond donors (Lipinski definition) is 2. The third kappa shape index (κ3) is 5.01. The van der Waals surface area contributed by atoms with Crippen LogP contribution in [0.2, 0.25) is 0 Å². The molecule has 0 bridgehead atoms. The van der Waals surface area contributed by atoms with Crippen LogP contribution in [0.1, 0.15) is 19.5 Å². The zero-order valence-electron chi connectivity index (χ0n) is 20.1. The predicted molar refractivity (Wildman–Crippen MR) is 138 cm³/mol. The summed E-state index contributed by atoms with van der Waals surface area (Å²) in [6.07, 6.45) is 1.44. The number of fused-ring (bicyclic) bond motifs is 1. The van der Waals surface area contributed by atoms with E-state index in [1.807, 2.05) is 26.8 Å². The number of aryl methyl sites for hydroxylation is 1. The van der Waals surface area contributed by atoms with Crippen LogP contribution in [0.5, 0.6) is 11.6 Å². The molecule has 0 aliphatic carbocycles. The van der Waals surface area contributed by atoms with Gasteiger partial charge in [0.05, 0.1) is 33.5 Å². The Hall–Kier alpha value is -3.99. The quantitative estimate of drug-likeness (QED) is 0.343. The largest absolute Gasteiger partial charge is 0.489 e. The van der Waals surface area contributed by atoms with Gasteiger partial charge in [-0.15, -0.1) is 0 Å². The average Bonchev–Trinajstić information content (AvgIpc) is 2.78. The Bertz CT molecular complexity index is 1580. The van der Waals surface area contributed by atoms with E-state index < -0.39 is 21.3 Å². The van der Waals surface area contributed by atoms with E-state index >= 15 is 0 Å². The van der Waals surface area contributed by atoms with E-state index in [0.29, 0.717) is 34.2 Å². The summed E-state index contributed by atoms with van der Waals surface area (Å²) < 4.78 is 55.1. The molecule has 0 fully saturated rings. The van der Waals surface area contributed by atoms with Crippen LogP contribution in [0.4, 0.5) is 20.4 Å². The maximum Gasteiger partial charge on any atom is 0.238 e. The van der Waals surface area contributed by atoms with Crippen molar-refractivity contribution in [1.29, 1.82) is 0 Å². The predicted octanol–water partition coefficient (Wildman–Crippen LogP) is 4.76. The van der Waals surface area contributed by atoms with Crippen LogP contribution in [0.15, 0.2) is 47.5 Å². The smallest absolute Gasteiger partial charge is 0.238 e. The third-order valence-electron chi connectivity index (χ3n) is 5.24. The minimum Gasteiger partial charge on any atom is -0.489 e. The van der Waals surface area contributed by atoms with Gasteiger partial charge >= 0.3 is 0 Å². The number of nitrogens with zero attached hydrogens (tertiary/aromatic N) is 3. The SMILES string of the molecule is C=S(=O)(Nc1cc(-c2cc(OC(C)C)c3nc(N)nc(C)c3c2)cnc1OC)c1ccc(F)cc1F. The molecule has 36 heavy (non-hydrogen) atoms. The van der Waals surface area contributed by atoms with Crippen molar-refractivity contribution in [3.63, 3.8) is 0 Å². The Morgan fingerprint density at radius 1 is 1.11 bits per heavy atom. The Kier molecular flexibility index (Phi) is 6.68. The van der Waals surface area contributed by atoms with Crippen LogP contribution in [0.3, 0.4) is 0 Å². The Morgan fingerprint density at radius 3 is 2.53 bits per heavy atom. The first-order valence-corrected chi connectivity index (χ1v) is 12.6. The maximum absolute atomic E-state index is 14.4. The molecule has 1 atom stereocenters. The first-order chi connectivity index (χ1) is 17.0. The molecule has 188 valence electrons. The summed E-state index contributed by atoms with van der Waals surface area (Å²) in [5.74, 6) is 2.63. The van der Waals surface area contributed by atoms with E-state index in [9.17, 15) is 13.0 Å². The molecule has 11 heteroatoms. The van der Waals surface area contributed by atoms with Crippen LogP contribution in [-0.4, -0.2) is 38.2 Å². The first kappa shape index (κ1) is 25.1. The normalized spacial score (nSPS) is 13.0. The number of nitrogens with two attached hydrogens (primary N) is 1. The van der Waals surface area contributed by atoms with Gasteiger partial charge in [-0.1, -0.05) is 0 Å². The highest BCUT2D eigenvalue weighted by Crippen LogP contribution is 2.36. The second-order valence-electron chi connectivity index (χ2n) is 8.34. The van der Waals surface area contributed by atoms with Gasteiger partial charge in [-0.3, -0.25) is 0 Å². The van der Waals surface area contributed by atoms with E-state index in [1.165, 1.54) is 7.11 Å². The van der Waals surface area contributed by atoms with Crippen molar-refractivity contribution < 1.29 is 22.5 Å². The molecule has 4 aromatic rings. The molecule has 0 aliphatic heterocycles. The fourth-order valence-corrected chi connectivity index (χ4v) is 4.98. The number of hydrogen-bond acceptors (Lipinski definition) is 7. The van der Waals surface area contributed by atoms with Crippen LogP contribution in [-0.2, 0) is 9.71 Å². The van der Waals surface area contributed by atoms with E-state index in [0.717, 1.165) is 17.5 Å². The van der Waals surface area contributed by atoms with Crippen molar-refractivity contribution in [2.45, 2.75) is 31.8 Å². The first-order valence-electron chi connectivity index (χ1n) is 10.9. The summed E-state index contributed by atoms with van der Waals surface area (Å²) in [4.78, 5) is 12.6. The van der Waals surface area contributed by atoms with Gasteiger partial charge in [-0.2, -0.15) is 0 Å². The van der Waals surface area contributed by atoms with E-state index in [4.69, 9.17) is 15.2 Å². The number of anilines is 2. The summed E-state index contributed by atoms with van der Waals surface area (Å²) in [5.41, 5.74) is 8.62. The molecule has 0 spiro atoms. The molecule has 0 saturated heterocycles. The number of nitrogens with one attached hydrogen (secondary N) is 1. The molecule has 1 unspecified atom stereocenters. The minimum absolute atomic E-state index is 0.115. The van der Waals surface area contributed by atoms with Crippen LogP contribution in [0, 0.1) is 18.6 Å². The summed E-state index contributed by atoms with van der Waals surface area (Å²) >= 11 is 0. The Labute approximate surface area is 207 Å². The highest BCUT2D eigenvalue weighted by Gasteiger charge is 2.19. The average molecular weight is 514 g/mol. The second kappa shape index (κ2) is 9.57. The molecule has 2 aromatic carbocycles. The topological polar surface area (TPSA) is 112 Å². The van der Waals surface area contributed by atoms with Crippen LogP contribution >= 0.6 is 0 Å². The second-order valence-corrected chi connectivity index (χ2v) is 10.3. The zero-order valence-corrected chi connectivity index (χ0v) is 21.0. The lowest BCUT2D eigenvalue weighted by atomic mass is 10.0. The van der Waals surface area contributed by atoms with Gasteiger partial charge in [-0.25, -0.2) is 27.9 Å². The molecule has 0 amide bonds. The Balaban J connectivity index is 1.84. The Morgan fingerprint density at radius 2 is 1.86 bits per heavy atom. The minimum atomic E-state index is -3.43. The van der Waals surface area contributed by atoms with Crippen molar-refractivity contribution >= 4 is 38.1 Å². The number of pyridine rings is 1. The maximum atomic E-state index is 14.4. The highest BCUT2D eigenvalue weighted by molar-refractivity contribution is 8.01. The lowest BCUT2D eigenvalue weighted by Crippen LogP contribution is -2.15. The van der Waals surface area contributed by atoms with Gasteiger partial charge in [0.2, 0.25) is 11.8 Å². The number of ether oxygens (including phenoxy) is 2. The molecular weight excluding hydrogens is 488 g/mol. The van der Waals surface area contributed by atoms with Gasteiger partial charge in [0.1, 0.15) is 28.6 Å². The molecule has 3 N–H and O–H groups in total. The number of halogens is 2. The highest BCUT2D eigenvalue weighted by atomic mass is 32.2. The molecule has 2 heterocycles. The molecule has 0 radical (unpaired) electrons. The van der Waals surface area contributed by atoms with Crippen LogP contribution < -0.4 is 19.9 Å². The van der Waals surface area contributed by atoms with Crippen molar-refractivity contribution in [3.8, 4) is 22.8 Å². The molecule has 0 saturated carbocycles. The zero-order chi connectivity index (χ0) is 26.2. The summed E-state index contributed by atoms with van der Waals surface area (Å²) in [6, 6.07) is 8.06. The monoisotopic (exact) mass is 513 g/mol. The van der Waals surface area contributed by atoms with Crippen LogP contribution in [0.25, 0.3) is 22.0 Å². The lowest BCUT2D eigenvalue weighted by molar-refractivity contribution is 0.245. The standard InChI is InChI=1S/C25H25F2N5O3S/c1-13(2)35-21-10-15(8-18-14(3)30-25(28)31-23(18)21)16-9-20(24(34-4)29-12-16)32-36(5,33)22-7-6-17(26)11-19(22)27/h6-13H,5H2,1-4H3,(H,32,33)(H2,28,30,31). The van der Waals surface area contributed by atoms with Crippen molar-refractivity contribution in [1.82, 2.24) is 15.0 Å². The molecular formula is C25H25F2N5O3S. The van der Waals surface area contributed by atoms with Gasteiger partial charge in [-0.05, 0) is 62.5 Å². The van der Waals surface area contributed by atoms with Crippen molar-refractivity contribution in [2.24, 2.45) is 0 Å². The fraction of sp³-hybridized carbons (Fsp3) is 0.200. The summed E-state index contributed by atoms with van der Waals surface area (Å²) in [5, 5.41) is 0.733. The van der Waals surface area contributed by atoms with Gasteiger partial charge < -0.3 is 19.9 Å². The molecule has 8 nitrogen and oxygen atoms in total. The van der Waals surface area contributed by atoms with Crippen molar-refractivity contribution in [3.05, 3.63) is 59.9 Å². The number of aromatic nitrogens is 3. The number of rotatable bonds is 7. The van der Waals surface area contributed by atoms with Crippen molar-refractivity contribution in [2.75, 3.05) is 17.6 Å². The number of benzene rings is 2. The number of nitrogen functional groups attached to an aromatic ring is 1. The van der Waals surface area contributed by atoms with Gasteiger partial charge in [0.25, 0.3) is 0 Å². The summed E-state index contributed by atoms with van der Waals surface area (Å²) in [6.45, 7) is 5.61. The molecule has 2 aromatic heterocycles.